The molecule has 1 saturated heterocycles. The number of halogens is 2. The van der Waals surface area contributed by atoms with Gasteiger partial charge < -0.3 is 9.80 Å². The molecular weight excluding hydrogens is 284 g/mol. The first-order valence-electron chi connectivity index (χ1n) is 6.51. The quantitative estimate of drug-likeness (QED) is 0.615. The molecule has 0 saturated carbocycles. The maximum atomic E-state index is 13.8. The molecule has 0 spiro atoms. The molecule has 0 bridgehead atoms. The van der Waals surface area contributed by atoms with Gasteiger partial charge in [-0.05, 0) is 26.1 Å². The van der Waals surface area contributed by atoms with Crippen molar-refractivity contribution in [2.75, 3.05) is 33.2 Å². The van der Waals surface area contributed by atoms with Crippen LogP contribution in [0.4, 0.5) is 14.5 Å². The van der Waals surface area contributed by atoms with E-state index in [1.165, 1.54) is 4.90 Å². The summed E-state index contributed by atoms with van der Waals surface area (Å²) in [6.45, 7) is 2.32. The Labute approximate surface area is 120 Å². The van der Waals surface area contributed by atoms with Gasteiger partial charge in [0.2, 0.25) is 5.82 Å². The molecule has 0 atom stereocenters. The van der Waals surface area contributed by atoms with Crippen LogP contribution < -0.4 is 0 Å². The normalized spacial score (nSPS) is 16.6. The summed E-state index contributed by atoms with van der Waals surface area (Å²) in [4.78, 5) is 25.2. The molecule has 8 heteroatoms. The van der Waals surface area contributed by atoms with E-state index in [2.05, 4.69) is 0 Å². The van der Waals surface area contributed by atoms with E-state index in [4.69, 9.17) is 0 Å². The number of rotatable bonds is 2. The van der Waals surface area contributed by atoms with E-state index in [0.717, 1.165) is 13.0 Å². The highest BCUT2D eigenvalue weighted by atomic mass is 19.1. The number of hydrogen-bond acceptors (Lipinski definition) is 4. The molecule has 0 unspecified atom stereocenters. The minimum Gasteiger partial charge on any atom is -0.337 e. The molecule has 6 nitrogen and oxygen atoms in total. The molecule has 1 amide bonds. The van der Waals surface area contributed by atoms with Gasteiger partial charge >= 0.3 is 5.69 Å². The summed E-state index contributed by atoms with van der Waals surface area (Å²) in [6.07, 6.45) is 0.735. The standard InChI is InChI=1S/C13H15F2N3O3/c1-16-3-2-4-17(6-5-16)13(19)9-7-11(15)12(18(20)21)8-10(9)14/h7-8H,2-6H2,1H3. The summed E-state index contributed by atoms with van der Waals surface area (Å²) in [5.74, 6) is -2.93. The fraction of sp³-hybridized carbons (Fsp3) is 0.462. The Morgan fingerprint density at radius 3 is 2.57 bits per heavy atom. The molecule has 0 aliphatic carbocycles. The summed E-state index contributed by atoms with van der Waals surface area (Å²) in [5, 5.41) is 10.5. The van der Waals surface area contributed by atoms with Crippen LogP contribution in [0.15, 0.2) is 12.1 Å². The molecule has 2 rings (SSSR count). The monoisotopic (exact) mass is 299 g/mol. The van der Waals surface area contributed by atoms with Gasteiger partial charge in [0.25, 0.3) is 5.91 Å². The zero-order valence-corrected chi connectivity index (χ0v) is 11.5. The predicted octanol–water partition coefficient (Wildman–Crippen LogP) is 1.65. The zero-order chi connectivity index (χ0) is 15.6. The van der Waals surface area contributed by atoms with Crippen molar-refractivity contribution in [3.63, 3.8) is 0 Å². The Hall–Kier alpha value is -2.09. The Bertz CT molecular complexity index is 580. The van der Waals surface area contributed by atoms with Gasteiger partial charge in [-0.2, -0.15) is 4.39 Å². The van der Waals surface area contributed by atoms with Gasteiger partial charge in [-0.1, -0.05) is 0 Å². The Morgan fingerprint density at radius 1 is 1.19 bits per heavy atom. The topological polar surface area (TPSA) is 66.7 Å². The van der Waals surface area contributed by atoms with Crippen LogP contribution in [0.5, 0.6) is 0 Å². The lowest BCUT2D eigenvalue weighted by Gasteiger charge is -2.20. The van der Waals surface area contributed by atoms with Crippen molar-refractivity contribution in [3.8, 4) is 0 Å². The molecule has 1 aromatic carbocycles. The minimum absolute atomic E-state index is 0.410. The van der Waals surface area contributed by atoms with E-state index in [1.54, 1.807) is 0 Å². The number of carbonyl (C=O) groups excluding carboxylic acids is 1. The maximum absolute atomic E-state index is 13.8. The molecule has 0 radical (unpaired) electrons. The lowest BCUT2D eigenvalue weighted by Crippen LogP contribution is -2.35. The van der Waals surface area contributed by atoms with Crippen LogP contribution in [-0.2, 0) is 0 Å². The summed E-state index contributed by atoms with van der Waals surface area (Å²) >= 11 is 0. The van der Waals surface area contributed by atoms with Gasteiger partial charge in [0, 0.05) is 19.6 Å². The second-order valence-electron chi connectivity index (χ2n) is 4.99. The summed E-state index contributed by atoms with van der Waals surface area (Å²) in [5.41, 5.74) is -1.44. The van der Waals surface area contributed by atoms with Crippen molar-refractivity contribution in [2.45, 2.75) is 6.42 Å². The third kappa shape index (κ3) is 3.33. The molecule has 1 aliphatic heterocycles. The summed E-state index contributed by atoms with van der Waals surface area (Å²) in [6, 6.07) is 1.05. The van der Waals surface area contributed by atoms with E-state index in [0.29, 0.717) is 31.8 Å². The van der Waals surface area contributed by atoms with E-state index >= 15 is 0 Å². The fourth-order valence-corrected chi connectivity index (χ4v) is 2.26. The van der Waals surface area contributed by atoms with Crippen molar-refractivity contribution < 1.29 is 18.5 Å². The lowest BCUT2D eigenvalue weighted by molar-refractivity contribution is -0.387. The number of likely N-dealkylation sites (N-methyl/N-ethyl adjacent to an activating group) is 1. The van der Waals surface area contributed by atoms with Gasteiger partial charge in [-0.3, -0.25) is 14.9 Å². The zero-order valence-electron chi connectivity index (χ0n) is 11.5. The van der Waals surface area contributed by atoms with Gasteiger partial charge in [-0.25, -0.2) is 4.39 Å². The lowest BCUT2D eigenvalue weighted by atomic mass is 10.1. The first-order valence-corrected chi connectivity index (χ1v) is 6.51. The first-order chi connectivity index (χ1) is 9.90. The number of benzene rings is 1. The second kappa shape index (κ2) is 6.13. The number of nitro benzene ring substituents is 1. The Morgan fingerprint density at radius 2 is 1.90 bits per heavy atom. The van der Waals surface area contributed by atoms with Crippen molar-refractivity contribution >= 4 is 11.6 Å². The first kappa shape index (κ1) is 15.3. The molecular formula is C13H15F2N3O3. The molecule has 1 aromatic rings. The van der Waals surface area contributed by atoms with Crippen LogP contribution >= 0.6 is 0 Å². The SMILES string of the molecule is CN1CCCN(C(=O)c2cc(F)c([N+](=O)[O-])cc2F)CC1. The third-order valence-electron chi connectivity index (χ3n) is 3.47. The van der Waals surface area contributed by atoms with E-state index in [1.807, 2.05) is 11.9 Å². The van der Waals surface area contributed by atoms with Crippen LogP contribution in [0.3, 0.4) is 0 Å². The highest BCUT2D eigenvalue weighted by Gasteiger charge is 2.26. The summed E-state index contributed by atoms with van der Waals surface area (Å²) < 4.78 is 27.4. The second-order valence-corrected chi connectivity index (χ2v) is 4.99. The molecule has 1 aliphatic rings. The number of nitro groups is 1. The number of nitrogens with zero attached hydrogens (tertiary/aromatic N) is 3. The highest BCUT2D eigenvalue weighted by molar-refractivity contribution is 5.94. The van der Waals surface area contributed by atoms with Crippen LogP contribution in [0, 0.1) is 21.7 Å². The van der Waals surface area contributed by atoms with Crippen LogP contribution in [-0.4, -0.2) is 53.9 Å². The van der Waals surface area contributed by atoms with E-state index in [-0.39, 0.29) is 0 Å². The molecule has 1 heterocycles. The highest BCUT2D eigenvalue weighted by Crippen LogP contribution is 2.22. The third-order valence-corrected chi connectivity index (χ3v) is 3.47. The van der Waals surface area contributed by atoms with Crippen LogP contribution in [0.25, 0.3) is 0 Å². The number of hydrogen-bond donors (Lipinski definition) is 0. The van der Waals surface area contributed by atoms with Crippen molar-refractivity contribution in [3.05, 3.63) is 39.4 Å². The van der Waals surface area contributed by atoms with E-state index in [9.17, 15) is 23.7 Å². The number of amides is 1. The summed E-state index contributed by atoms with van der Waals surface area (Å²) in [7, 11) is 1.92. The molecule has 114 valence electrons. The smallest absolute Gasteiger partial charge is 0.307 e. The van der Waals surface area contributed by atoms with Crippen molar-refractivity contribution in [1.29, 1.82) is 0 Å². The largest absolute Gasteiger partial charge is 0.337 e. The van der Waals surface area contributed by atoms with Gasteiger partial charge in [0.1, 0.15) is 5.82 Å². The average Bonchev–Trinajstić information content (AvgIpc) is 2.64. The molecule has 21 heavy (non-hydrogen) atoms. The molecule has 0 N–H and O–H groups in total. The molecule has 1 fully saturated rings. The van der Waals surface area contributed by atoms with Crippen LogP contribution in [0.2, 0.25) is 0 Å². The van der Waals surface area contributed by atoms with Crippen LogP contribution in [0.1, 0.15) is 16.8 Å². The fourth-order valence-electron chi connectivity index (χ4n) is 2.26. The Balaban J connectivity index is 2.27. The van der Waals surface area contributed by atoms with Gasteiger partial charge in [0.05, 0.1) is 16.6 Å². The van der Waals surface area contributed by atoms with Gasteiger partial charge in [-0.15, -0.1) is 0 Å². The maximum Gasteiger partial charge on any atom is 0.307 e. The van der Waals surface area contributed by atoms with Crippen molar-refractivity contribution in [2.24, 2.45) is 0 Å². The minimum atomic E-state index is -1.21. The van der Waals surface area contributed by atoms with E-state index < -0.39 is 33.7 Å². The molecule has 0 aromatic heterocycles. The van der Waals surface area contributed by atoms with Gasteiger partial charge in [0.15, 0.2) is 0 Å². The van der Waals surface area contributed by atoms with Crippen molar-refractivity contribution in [1.82, 2.24) is 9.80 Å². The average molecular weight is 299 g/mol. The predicted molar refractivity (Wildman–Crippen MR) is 71.0 cm³/mol. The number of carbonyl (C=O) groups is 1. The Kier molecular flexibility index (Phi) is 4.46.